The molecule has 1 aromatic carbocycles. The molecule has 2 aliphatic rings. The Morgan fingerprint density at radius 3 is 2.92 bits per heavy atom. The number of carbonyl (C=O) groups is 1. The summed E-state index contributed by atoms with van der Waals surface area (Å²) in [6.45, 7) is 4.19. The Morgan fingerprint density at radius 1 is 1.36 bits per heavy atom. The number of nitrogens with zero attached hydrogens (tertiary/aromatic N) is 2. The number of rotatable bonds is 4. The predicted molar refractivity (Wildman–Crippen MR) is 93.6 cm³/mol. The number of benzene rings is 1. The Bertz CT molecular complexity index is 790. The van der Waals surface area contributed by atoms with Gasteiger partial charge in [0.2, 0.25) is 0 Å². The van der Waals surface area contributed by atoms with Gasteiger partial charge in [-0.1, -0.05) is 31.2 Å². The second-order valence-corrected chi connectivity index (χ2v) is 7.02. The van der Waals surface area contributed by atoms with E-state index in [2.05, 4.69) is 22.9 Å². The van der Waals surface area contributed by atoms with Gasteiger partial charge >= 0.3 is 5.97 Å². The fourth-order valence-electron chi connectivity index (χ4n) is 4.04. The standard InChI is InChI=1S/C20H22N2O3/c1-2-14-7-8-15(21-9-14)10-22-11-17-16-5-3-4-6-18(16)25-13-20(17,12-22)19(23)24/h3-9,17H,2,10-13H2,1H3,(H,23,24)/t17-,20-/m0/s1. The molecule has 5 heteroatoms. The first kappa shape index (κ1) is 16.1. The summed E-state index contributed by atoms with van der Waals surface area (Å²) in [4.78, 5) is 18.8. The van der Waals surface area contributed by atoms with Gasteiger partial charge in [-0.2, -0.15) is 0 Å². The third-order valence-electron chi connectivity index (χ3n) is 5.50. The lowest BCUT2D eigenvalue weighted by molar-refractivity contribution is -0.151. The molecule has 2 aliphatic heterocycles. The molecule has 1 N–H and O–H groups in total. The summed E-state index contributed by atoms with van der Waals surface area (Å²) < 4.78 is 5.81. The normalized spacial score (nSPS) is 25.1. The van der Waals surface area contributed by atoms with Gasteiger partial charge in [0.15, 0.2) is 0 Å². The molecule has 0 aliphatic carbocycles. The third-order valence-corrected chi connectivity index (χ3v) is 5.50. The predicted octanol–water partition coefficient (Wildman–Crippen LogP) is 2.71. The summed E-state index contributed by atoms with van der Waals surface area (Å²) in [5.41, 5.74) is 2.32. The van der Waals surface area contributed by atoms with E-state index in [1.165, 1.54) is 5.56 Å². The molecule has 25 heavy (non-hydrogen) atoms. The zero-order valence-electron chi connectivity index (χ0n) is 14.3. The molecule has 130 valence electrons. The number of carboxylic acids is 1. The molecule has 1 aromatic heterocycles. The molecule has 0 unspecified atom stereocenters. The maximum atomic E-state index is 12.1. The van der Waals surface area contributed by atoms with E-state index in [0.29, 0.717) is 19.6 Å². The highest BCUT2D eigenvalue weighted by molar-refractivity contribution is 5.78. The highest BCUT2D eigenvalue weighted by Gasteiger charge is 2.56. The van der Waals surface area contributed by atoms with Crippen LogP contribution >= 0.6 is 0 Å². The monoisotopic (exact) mass is 338 g/mol. The van der Waals surface area contributed by atoms with E-state index in [4.69, 9.17) is 4.74 Å². The number of ether oxygens (including phenoxy) is 1. The van der Waals surface area contributed by atoms with Gasteiger partial charge in [-0.3, -0.25) is 14.7 Å². The molecule has 5 nitrogen and oxygen atoms in total. The maximum absolute atomic E-state index is 12.1. The fourth-order valence-corrected chi connectivity index (χ4v) is 4.04. The van der Waals surface area contributed by atoms with Crippen LogP contribution in [0.5, 0.6) is 5.75 Å². The topological polar surface area (TPSA) is 62.7 Å². The van der Waals surface area contributed by atoms with Crippen molar-refractivity contribution in [2.75, 3.05) is 19.7 Å². The van der Waals surface area contributed by atoms with E-state index < -0.39 is 11.4 Å². The average molecular weight is 338 g/mol. The van der Waals surface area contributed by atoms with Crippen molar-refractivity contribution >= 4 is 5.97 Å². The van der Waals surface area contributed by atoms with Gasteiger partial charge in [0.05, 0.1) is 5.69 Å². The Morgan fingerprint density at radius 2 is 2.20 bits per heavy atom. The molecule has 0 bridgehead atoms. The molecular formula is C20H22N2O3. The van der Waals surface area contributed by atoms with Gasteiger partial charge < -0.3 is 9.84 Å². The van der Waals surface area contributed by atoms with Crippen LogP contribution in [0.4, 0.5) is 0 Å². The Labute approximate surface area is 147 Å². The quantitative estimate of drug-likeness (QED) is 0.929. The highest BCUT2D eigenvalue weighted by Crippen LogP contribution is 2.49. The van der Waals surface area contributed by atoms with Crippen LogP contribution < -0.4 is 4.74 Å². The van der Waals surface area contributed by atoms with E-state index in [-0.39, 0.29) is 12.5 Å². The minimum Gasteiger partial charge on any atom is -0.492 e. The number of fused-ring (bicyclic) bond motifs is 3. The van der Waals surface area contributed by atoms with Crippen molar-refractivity contribution in [1.82, 2.24) is 9.88 Å². The second kappa shape index (κ2) is 6.15. The minimum absolute atomic E-state index is 0.0511. The van der Waals surface area contributed by atoms with E-state index >= 15 is 0 Å². The largest absolute Gasteiger partial charge is 0.492 e. The van der Waals surface area contributed by atoms with Crippen LogP contribution in [0.25, 0.3) is 0 Å². The van der Waals surface area contributed by atoms with Crippen molar-refractivity contribution in [1.29, 1.82) is 0 Å². The molecule has 1 saturated heterocycles. The summed E-state index contributed by atoms with van der Waals surface area (Å²) in [5.74, 6) is -0.00898. The lowest BCUT2D eigenvalue weighted by atomic mass is 9.73. The summed E-state index contributed by atoms with van der Waals surface area (Å²) in [6.07, 6.45) is 2.87. The number of aromatic nitrogens is 1. The van der Waals surface area contributed by atoms with Crippen molar-refractivity contribution in [2.45, 2.75) is 25.8 Å². The summed E-state index contributed by atoms with van der Waals surface area (Å²) >= 11 is 0. The van der Waals surface area contributed by atoms with Crippen LogP contribution in [0.3, 0.4) is 0 Å². The number of likely N-dealkylation sites (tertiary alicyclic amines) is 1. The number of hydrogen-bond acceptors (Lipinski definition) is 4. The molecule has 4 rings (SSSR count). The molecular weight excluding hydrogens is 316 g/mol. The summed E-state index contributed by atoms with van der Waals surface area (Å²) in [7, 11) is 0. The molecule has 1 fully saturated rings. The van der Waals surface area contributed by atoms with E-state index in [9.17, 15) is 9.90 Å². The first-order valence-electron chi connectivity index (χ1n) is 8.73. The Balaban J connectivity index is 1.60. The van der Waals surface area contributed by atoms with Gasteiger partial charge in [-0.05, 0) is 29.7 Å². The van der Waals surface area contributed by atoms with Crippen LogP contribution in [-0.2, 0) is 17.8 Å². The van der Waals surface area contributed by atoms with Crippen LogP contribution in [0.2, 0.25) is 0 Å². The van der Waals surface area contributed by atoms with Gasteiger partial charge in [0.25, 0.3) is 0 Å². The van der Waals surface area contributed by atoms with Crippen LogP contribution in [0.15, 0.2) is 42.6 Å². The van der Waals surface area contributed by atoms with E-state index in [0.717, 1.165) is 23.4 Å². The van der Waals surface area contributed by atoms with Crippen molar-refractivity contribution in [2.24, 2.45) is 5.41 Å². The lowest BCUT2D eigenvalue weighted by Gasteiger charge is -2.35. The average Bonchev–Trinajstić information content (AvgIpc) is 3.02. The first-order chi connectivity index (χ1) is 12.1. The number of aryl methyl sites for hydroxylation is 1. The number of para-hydroxylation sites is 1. The fraction of sp³-hybridized carbons (Fsp3) is 0.400. The first-order valence-corrected chi connectivity index (χ1v) is 8.73. The van der Waals surface area contributed by atoms with Gasteiger partial charge in [-0.25, -0.2) is 0 Å². The number of aliphatic carboxylic acids is 1. The van der Waals surface area contributed by atoms with Crippen LogP contribution in [0, 0.1) is 5.41 Å². The Hall–Kier alpha value is -2.40. The number of carboxylic acid groups (broad SMARTS) is 1. The van der Waals surface area contributed by atoms with Crippen molar-refractivity contribution in [3.63, 3.8) is 0 Å². The molecule has 0 radical (unpaired) electrons. The Kier molecular flexibility index (Phi) is 3.96. The molecule has 2 atom stereocenters. The molecule has 0 amide bonds. The van der Waals surface area contributed by atoms with Crippen LogP contribution in [-0.4, -0.2) is 40.7 Å². The van der Waals surface area contributed by atoms with E-state index in [1.54, 1.807) is 0 Å². The van der Waals surface area contributed by atoms with E-state index in [1.807, 2.05) is 36.5 Å². The SMILES string of the molecule is CCc1ccc(CN2C[C@H]3c4ccccc4OC[C@@]3(C(=O)O)C2)nc1. The molecule has 2 aromatic rings. The third kappa shape index (κ3) is 2.68. The zero-order valence-corrected chi connectivity index (χ0v) is 14.3. The van der Waals surface area contributed by atoms with Crippen LogP contribution in [0.1, 0.15) is 29.7 Å². The van der Waals surface area contributed by atoms with Crippen molar-refractivity contribution < 1.29 is 14.6 Å². The number of hydrogen-bond donors (Lipinski definition) is 1. The smallest absolute Gasteiger partial charge is 0.315 e. The number of pyridine rings is 1. The zero-order chi connectivity index (χ0) is 17.4. The summed E-state index contributed by atoms with van der Waals surface area (Å²) in [6, 6.07) is 11.9. The van der Waals surface area contributed by atoms with Gasteiger partial charge in [0.1, 0.15) is 17.8 Å². The lowest BCUT2D eigenvalue weighted by Crippen LogP contribution is -2.45. The van der Waals surface area contributed by atoms with Crippen molar-refractivity contribution in [3.8, 4) is 5.75 Å². The minimum atomic E-state index is -0.877. The molecule has 0 spiro atoms. The molecule has 3 heterocycles. The van der Waals surface area contributed by atoms with Gasteiger partial charge in [0, 0.05) is 31.7 Å². The molecule has 0 saturated carbocycles. The van der Waals surface area contributed by atoms with Crippen molar-refractivity contribution in [3.05, 3.63) is 59.4 Å². The maximum Gasteiger partial charge on any atom is 0.315 e. The highest BCUT2D eigenvalue weighted by atomic mass is 16.5. The second-order valence-electron chi connectivity index (χ2n) is 7.02. The van der Waals surface area contributed by atoms with Gasteiger partial charge in [-0.15, -0.1) is 0 Å². The summed E-state index contributed by atoms with van der Waals surface area (Å²) in [5, 5.41) is 9.95.